The third-order valence-corrected chi connectivity index (χ3v) is 4.90. The molecule has 2 N–H and O–H groups in total. The zero-order valence-corrected chi connectivity index (χ0v) is 15.9. The summed E-state index contributed by atoms with van der Waals surface area (Å²) in [6.45, 7) is 0.447. The van der Waals surface area contributed by atoms with Gasteiger partial charge in [-0.05, 0) is 36.4 Å². The topological polar surface area (TPSA) is 80.7 Å². The zero-order chi connectivity index (χ0) is 19.2. The number of hydrogen-bond acceptors (Lipinski definition) is 6. The van der Waals surface area contributed by atoms with E-state index < -0.39 is 0 Å². The van der Waals surface area contributed by atoms with Crippen LogP contribution in [-0.2, 0) is 6.42 Å². The first-order chi connectivity index (χ1) is 13.1. The lowest BCUT2D eigenvalue weighted by Gasteiger charge is -2.12. The summed E-state index contributed by atoms with van der Waals surface area (Å²) >= 11 is 1.54. The van der Waals surface area contributed by atoms with Gasteiger partial charge in [-0.1, -0.05) is 6.07 Å². The molecule has 1 amide bonds. The van der Waals surface area contributed by atoms with Gasteiger partial charge in [0.25, 0.3) is 5.91 Å². The molecule has 1 heterocycles. The van der Waals surface area contributed by atoms with Crippen LogP contribution >= 0.6 is 11.3 Å². The van der Waals surface area contributed by atoms with Gasteiger partial charge >= 0.3 is 0 Å². The summed E-state index contributed by atoms with van der Waals surface area (Å²) in [5, 5.41) is 15.1. The molecule has 0 saturated carbocycles. The maximum atomic E-state index is 12.5. The fourth-order valence-electron chi connectivity index (χ4n) is 2.64. The molecule has 0 bridgehead atoms. The third-order valence-electron chi connectivity index (χ3n) is 3.99. The number of aromatic hydroxyl groups is 1. The van der Waals surface area contributed by atoms with E-state index in [1.165, 1.54) is 25.6 Å². The summed E-state index contributed by atoms with van der Waals surface area (Å²) in [6, 6.07) is 12.1. The second-order valence-corrected chi connectivity index (χ2v) is 6.66. The average molecular weight is 384 g/mol. The number of carbonyl (C=O) groups excluding carboxylic acids is 1. The molecule has 0 aliphatic heterocycles. The van der Waals surface area contributed by atoms with Crippen LogP contribution in [0.5, 0.6) is 17.2 Å². The second-order valence-electron chi connectivity index (χ2n) is 5.72. The Balaban J connectivity index is 1.62. The van der Waals surface area contributed by atoms with Crippen LogP contribution in [0.2, 0.25) is 0 Å². The van der Waals surface area contributed by atoms with Crippen molar-refractivity contribution in [3.8, 4) is 28.5 Å². The van der Waals surface area contributed by atoms with E-state index in [2.05, 4.69) is 10.3 Å². The quantitative estimate of drug-likeness (QED) is 0.652. The van der Waals surface area contributed by atoms with Crippen molar-refractivity contribution in [3.05, 3.63) is 58.4 Å². The minimum atomic E-state index is -0.250. The average Bonchev–Trinajstić information content (AvgIpc) is 3.16. The summed E-state index contributed by atoms with van der Waals surface area (Å²) in [7, 11) is 3.04. The van der Waals surface area contributed by atoms with E-state index in [4.69, 9.17) is 9.47 Å². The van der Waals surface area contributed by atoms with Gasteiger partial charge in [-0.3, -0.25) is 4.79 Å². The molecule has 2 aromatic carbocycles. The van der Waals surface area contributed by atoms with Gasteiger partial charge in [-0.25, -0.2) is 4.98 Å². The number of rotatable bonds is 7. The fraction of sp³-hybridized carbons (Fsp3) is 0.200. The number of amides is 1. The molecule has 0 atom stereocenters. The number of phenols is 1. The SMILES string of the molecule is COc1cccc(OC)c1C(=O)NCCc1nc(-c2ccc(O)cc2)cs1. The van der Waals surface area contributed by atoms with Gasteiger partial charge < -0.3 is 19.9 Å². The number of aromatic nitrogens is 1. The maximum absolute atomic E-state index is 12.5. The third kappa shape index (κ3) is 4.38. The molecular weight excluding hydrogens is 364 g/mol. The molecule has 0 fully saturated rings. The highest BCUT2D eigenvalue weighted by Crippen LogP contribution is 2.28. The summed E-state index contributed by atoms with van der Waals surface area (Å²) in [6.07, 6.45) is 0.617. The van der Waals surface area contributed by atoms with E-state index in [0.717, 1.165) is 16.3 Å². The molecule has 0 aliphatic carbocycles. The lowest BCUT2D eigenvalue weighted by molar-refractivity contribution is 0.0948. The Morgan fingerprint density at radius 2 is 1.78 bits per heavy atom. The molecule has 0 spiro atoms. The lowest BCUT2D eigenvalue weighted by atomic mass is 10.1. The first kappa shape index (κ1) is 18.7. The Bertz CT molecular complexity index is 900. The van der Waals surface area contributed by atoms with Gasteiger partial charge in [-0.15, -0.1) is 11.3 Å². The first-order valence-electron chi connectivity index (χ1n) is 8.35. The maximum Gasteiger partial charge on any atom is 0.258 e. The van der Waals surface area contributed by atoms with E-state index in [-0.39, 0.29) is 11.7 Å². The highest BCUT2D eigenvalue weighted by Gasteiger charge is 2.17. The smallest absolute Gasteiger partial charge is 0.258 e. The van der Waals surface area contributed by atoms with Crippen LogP contribution in [0.15, 0.2) is 47.8 Å². The van der Waals surface area contributed by atoms with Crippen molar-refractivity contribution in [1.82, 2.24) is 10.3 Å². The number of nitrogens with zero attached hydrogens (tertiary/aromatic N) is 1. The molecule has 3 rings (SSSR count). The molecule has 6 nitrogen and oxygen atoms in total. The van der Waals surface area contributed by atoms with Crippen molar-refractivity contribution < 1.29 is 19.4 Å². The Hall–Kier alpha value is -3.06. The Morgan fingerprint density at radius 3 is 2.41 bits per heavy atom. The monoisotopic (exact) mass is 384 g/mol. The van der Waals surface area contributed by atoms with Gasteiger partial charge in [0.05, 0.1) is 24.9 Å². The van der Waals surface area contributed by atoms with Crippen LogP contribution < -0.4 is 14.8 Å². The van der Waals surface area contributed by atoms with Crippen LogP contribution in [0.1, 0.15) is 15.4 Å². The van der Waals surface area contributed by atoms with Crippen molar-refractivity contribution >= 4 is 17.2 Å². The Labute approximate surface area is 161 Å². The van der Waals surface area contributed by atoms with E-state index in [0.29, 0.717) is 30.0 Å². The Morgan fingerprint density at radius 1 is 1.11 bits per heavy atom. The molecule has 0 unspecified atom stereocenters. The van der Waals surface area contributed by atoms with Crippen LogP contribution in [-0.4, -0.2) is 36.8 Å². The van der Waals surface area contributed by atoms with Crippen LogP contribution in [0.4, 0.5) is 0 Å². The molecule has 1 aromatic heterocycles. The fourth-order valence-corrected chi connectivity index (χ4v) is 3.44. The summed E-state index contributed by atoms with van der Waals surface area (Å²) in [5.41, 5.74) is 2.18. The molecule has 0 radical (unpaired) electrons. The highest BCUT2D eigenvalue weighted by molar-refractivity contribution is 7.09. The van der Waals surface area contributed by atoms with Gasteiger partial charge in [0.1, 0.15) is 22.8 Å². The molecule has 27 heavy (non-hydrogen) atoms. The number of nitrogens with one attached hydrogen (secondary N) is 1. The summed E-state index contributed by atoms with van der Waals surface area (Å²) in [4.78, 5) is 17.1. The predicted molar refractivity (Wildman–Crippen MR) is 105 cm³/mol. The van der Waals surface area contributed by atoms with E-state index in [1.807, 2.05) is 17.5 Å². The number of ether oxygens (including phenoxy) is 2. The van der Waals surface area contributed by atoms with E-state index in [1.54, 1.807) is 30.3 Å². The normalized spacial score (nSPS) is 10.4. The zero-order valence-electron chi connectivity index (χ0n) is 15.1. The number of phenolic OH excluding ortho intramolecular Hbond substituents is 1. The van der Waals surface area contributed by atoms with Gasteiger partial charge in [-0.2, -0.15) is 0 Å². The number of hydrogen-bond donors (Lipinski definition) is 2. The van der Waals surface area contributed by atoms with Gasteiger partial charge in [0.2, 0.25) is 0 Å². The first-order valence-corrected chi connectivity index (χ1v) is 9.23. The molecule has 3 aromatic rings. The van der Waals surface area contributed by atoms with Crippen LogP contribution in [0.3, 0.4) is 0 Å². The number of carbonyl (C=O) groups is 1. The van der Waals surface area contributed by atoms with Gasteiger partial charge in [0, 0.05) is 23.9 Å². The predicted octanol–water partition coefficient (Wildman–Crippen LogP) is 3.51. The minimum Gasteiger partial charge on any atom is -0.508 e. The molecule has 7 heteroatoms. The van der Waals surface area contributed by atoms with Crippen LogP contribution in [0.25, 0.3) is 11.3 Å². The summed E-state index contributed by atoms with van der Waals surface area (Å²) < 4.78 is 10.5. The van der Waals surface area contributed by atoms with Gasteiger partial charge in [0.15, 0.2) is 0 Å². The minimum absolute atomic E-state index is 0.226. The summed E-state index contributed by atoms with van der Waals surface area (Å²) in [5.74, 6) is 0.912. The van der Waals surface area contributed by atoms with Crippen molar-refractivity contribution in [2.24, 2.45) is 0 Å². The highest BCUT2D eigenvalue weighted by atomic mass is 32.1. The molecule has 0 saturated heterocycles. The number of thiazole rings is 1. The number of benzene rings is 2. The van der Waals surface area contributed by atoms with Crippen molar-refractivity contribution in [3.63, 3.8) is 0 Å². The lowest BCUT2D eigenvalue weighted by Crippen LogP contribution is -2.26. The largest absolute Gasteiger partial charge is 0.508 e. The molecular formula is C20H20N2O4S. The molecule has 0 aliphatic rings. The Kier molecular flexibility index (Phi) is 5.93. The van der Waals surface area contributed by atoms with Crippen molar-refractivity contribution in [2.75, 3.05) is 20.8 Å². The van der Waals surface area contributed by atoms with E-state index in [9.17, 15) is 9.90 Å². The van der Waals surface area contributed by atoms with Crippen LogP contribution in [0, 0.1) is 0 Å². The van der Waals surface area contributed by atoms with Crippen molar-refractivity contribution in [2.45, 2.75) is 6.42 Å². The second kappa shape index (κ2) is 8.55. The van der Waals surface area contributed by atoms with E-state index >= 15 is 0 Å². The van der Waals surface area contributed by atoms with Crippen molar-refractivity contribution in [1.29, 1.82) is 0 Å². The molecule has 140 valence electrons. The standard InChI is InChI=1S/C20H20N2O4S/c1-25-16-4-3-5-17(26-2)19(16)20(24)21-11-10-18-22-15(12-27-18)13-6-8-14(23)9-7-13/h3-9,12,23H,10-11H2,1-2H3,(H,21,24). The number of methoxy groups -OCH3 is 2.